The van der Waals surface area contributed by atoms with Crippen molar-refractivity contribution in [3.05, 3.63) is 42.5 Å². The minimum atomic E-state index is 0.0349. The maximum Gasteiger partial charge on any atom is 0.250 e. The minimum Gasteiger partial charge on any atom is -0.312 e. The zero-order valence-corrected chi connectivity index (χ0v) is 10.7. The minimum absolute atomic E-state index is 0.0349. The predicted octanol–water partition coefficient (Wildman–Crippen LogP) is 3.79. The van der Waals surface area contributed by atoms with Crippen molar-refractivity contribution >= 4 is 11.6 Å². The first-order valence-corrected chi connectivity index (χ1v) is 6.25. The van der Waals surface area contributed by atoms with E-state index in [9.17, 15) is 4.79 Å². The molecule has 1 aromatic carbocycles. The summed E-state index contributed by atoms with van der Waals surface area (Å²) in [6.07, 6.45) is 8.23. The van der Waals surface area contributed by atoms with E-state index in [0.29, 0.717) is 0 Å². The molecule has 1 aromatic rings. The first-order chi connectivity index (χ1) is 8.25. The molecule has 1 amide bonds. The smallest absolute Gasteiger partial charge is 0.250 e. The van der Waals surface area contributed by atoms with E-state index >= 15 is 0 Å². The van der Waals surface area contributed by atoms with Gasteiger partial charge in [0, 0.05) is 12.7 Å². The van der Waals surface area contributed by atoms with Crippen LogP contribution in [0.25, 0.3) is 0 Å². The van der Waals surface area contributed by atoms with E-state index < -0.39 is 0 Å². The monoisotopic (exact) mass is 231 g/mol. The van der Waals surface area contributed by atoms with Gasteiger partial charge in [-0.3, -0.25) is 4.79 Å². The summed E-state index contributed by atoms with van der Waals surface area (Å²) in [4.78, 5) is 13.5. The molecule has 2 nitrogen and oxygen atoms in total. The summed E-state index contributed by atoms with van der Waals surface area (Å²) in [5, 5.41) is 0. The second-order valence-corrected chi connectivity index (χ2v) is 4.13. The maximum absolute atomic E-state index is 11.8. The van der Waals surface area contributed by atoms with Crippen LogP contribution in [0.3, 0.4) is 0 Å². The molecule has 0 aliphatic carbocycles. The number of allylic oxidation sites excluding steroid dienone is 1. The van der Waals surface area contributed by atoms with E-state index in [4.69, 9.17) is 0 Å². The van der Waals surface area contributed by atoms with Gasteiger partial charge in [-0.1, -0.05) is 44.0 Å². The Balaban J connectivity index is 2.42. The number of likely N-dealkylation sites (N-methyl/N-ethyl adjacent to an activating group) is 1. The molecule has 0 unspecified atom stereocenters. The van der Waals surface area contributed by atoms with Gasteiger partial charge in [0.2, 0.25) is 5.91 Å². The zero-order chi connectivity index (χ0) is 12.5. The fraction of sp³-hybridized carbons (Fsp3) is 0.400. The third-order valence-electron chi connectivity index (χ3n) is 2.71. The van der Waals surface area contributed by atoms with E-state index in [-0.39, 0.29) is 5.91 Å². The molecule has 0 fully saturated rings. The first-order valence-electron chi connectivity index (χ1n) is 6.25. The molecule has 1 rings (SSSR count). The van der Waals surface area contributed by atoms with E-state index in [1.807, 2.05) is 36.4 Å². The number of hydrogen-bond acceptors (Lipinski definition) is 1. The molecular weight excluding hydrogens is 210 g/mol. The Labute approximate surface area is 104 Å². The summed E-state index contributed by atoms with van der Waals surface area (Å²) in [6, 6.07) is 9.68. The van der Waals surface area contributed by atoms with Crippen LogP contribution in [-0.2, 0) is 4.79 Å². The van der Waals surface area contributed by atoms with Crippen LogP contribution in [0.4, 0.5) is 5.69 Å². The van der Waals surface area contributed by atoms with Crippen molar-refractivity contribution in [2.45, 2.75) is 32.6 Å². The van der Waals surface area contributed by atoms with Crippen molar-refractivity contribution in [1.29, 1.82) is 0 Å². The van der Waals surface area contributed by atoms with Crippen LogP contribution >= 0.6 is 0 Å². The third-order valence-corrected chi connectivity index (χ3v) is 2.71. The lowest BCUT2D eigenvalue weighted by molar-refractivity contribution is -0.113. The average molecular weight is 231 g/mol. The second kappa shape index (κ2) is 7.66. The first kappa shape index (κ1) is 13.5. The summed E-state index contributed by atoms with van der Waals surface area (Å²) in [7, 11) is 1.80. The van der Waals surface area contributed by atoms with Crippen LogP contribution in [0.2, 0.25) is 0 Å². The van der Waals surface area contributed by atoms with Gasteiger partial charge in [-0.25, -0.2) is 0 Å². The molecule has 17 heavy (non-hydrogen) atoms. The molecule has 0 aliphatic heterocycles. The van der Waals surface area contributed by atoms with Gasteiger partial charge in [0.25, 0.3) is 0 Å². The quantitative estimate of drug-likeness (QED) is 0.539. The molecule has 92 valence electrons. The largest absolute Gasteiger partial charge is 0.312 e. The number of anilines is 1. The Morgan fingerprint density at radius 1 is 1.24 bits per heavy atom. The van der Waals surface area contributed by atoms with Gasteiger partial charge in [0.1, 0.15) is 0 Å². The fourth-order valence-corrected chi connectivity index (χ4v) is 1.59. The maximum atomic E-state index is 11.8. The van der Waals surface area contributed by atoms with Crippen molar-refractivity contribution < 1.29 is 4.79 Å². The number of unbranched alkanes of at least 4 members (excludes halogenated alkanes) is 3. The molecule has 0 spiro atoms. The molecule has 0 radical (unpaired) electrons. The van der Waals surface area contributed by atoms with Gasteiger partial charge in [-0.2, -0.15) is 0 Å². The molecule has 0 N–H and O–H groups in total. The summed E-state index contributed by atoms with van der Waals surface area (Å²) < 4.78 is 0. The number of rotatable bonds is 6. The van der Waals surface area contributed by atoms with Gasteiger partial charge >= 0.3 is 0 Å². The van der Waals surface area contributed by atoms with Crippen LogP contribution in [0.1, 0.15) is 32.6 Å². The second-order valence-electron chi connectivity index (χ2n) is 4.13. The van der Waals surface area contributed by atoms with Gasteiger partial charge in [0.15, 0.2) is 0 Å². The Morgan fingerprint density at radius 3 is 2.59 bits per heavy atom. The lowest BCUT2D eigenvalue weighted by atomic mass is 10.2. The molecule has 0 saturated heterocycles. The number of para-hydroxylation sites is 1. The summed E-state index contributed by atoms with van der Waals surface area (Å²) in [5.41, 5.74) is 0.927. The van der Waals surface area contributed by atoms with E-state index in [1.165, 1.54) is 12.8 Å². The number of carbonyl (C=O) groups is 1. The Bertz CT molecular complexity index is 356. The Kier molecular flexibility index (Phi) is 6.08. The molecule has 0 heterocycles. The fourth-order valence-electron chi connectivity index (χ4n) is 1.59. The average Bonchev–Trinajstić information content (AvgIpc) is 2.38. The Morgan fingerprint density at radius 2 is 1.94 bits per heavy atom. The number of benzene rings is 1. The number of nitrogens with zero attached hydrogens (tertiary/aromatic N) is 1. The topological polar surface area (TPSA) is 20.3 Å². The Hall–Kier alpha value is -1.57. The van der Waals surface area contributed by atoms with Crippen LogP contribution < -0.4 is 4.90 Å². The van der Waals surface area contributed by atoms with Crippen LogP contribution in [-0.4, -0.2) is 13.0 Å². The summed E-state index contributed by atoms with van der Waals surface area (Å²) >= 11 is 0. The van der Waals surface area contributed by atoms with Crippen molar-refractivity contribution in [2.75, 3.05) is 11.9 Å². The molecule has 0 aliphatic rings. The number of hydrogen-bond donors (Lipinski definition) is 0. The summed E-state index contributed by atoms with van der Waals surface area (Å²) in [5.74, 6) is 0.0349. The van der Waals surface area contributed by atoms with Crippen molar-refractivity contribution in [2.24, 2.45) is 0 Å². The van der Waals surface area contributed by atoms with Crippen molar-refractivity contribution in [3.8, 4) is 0 Å². The van der Waals surface area contributed by atoms with E-state index in [1.54, 1.807) is 18.0 Å². The van der Waals surface area contributed by atoms with E-state index in [0.717, 1.165) is 18.5 Å². The molecule has 2 heteroatoms. The standard InChI is InChI=1S/C15H21NO/c1-3-4-5-6-10-13-15(17)16(2)14-11-8-7-9-12-14/h7-13H,3-6H2,1-2H3/b13-10+. The molecule has 0 aromatic heterocycles. The van der Waals surface area contributed by atoms with Crippen LogP contribution in [0, 0.1) is 0 Å². The third kappa shape index (κ3) is 4.85. The number of amides is 1. The van der Waals surface area contributed by atoms with Crippen LogP contribution in [0.15, 0.2) is 42.5 Å². The zero-order valence-electron chi connectivity index (χ0n) is 10.7. The van der Waals surface area contributed by atoms with Gasteiger partial charge < -0.3 is 4.90 Å². The highest BCUT2D eigenvalue weighted by atomic mass is 16.2. The van der Waals surface area contributed by atoms with Gasteiger partial charge in [-0.05, 0) is 31.1 Å². The molecule has 0 saturated carbocycles. The number of carbonyl (C=O) groups excluding carboxylic acids is 1. The van der Waals surface area contributed by atoms with Crippen molar-refractivity contribution in [3.63, 3.8) is 0 Å². The van der Waals surface area contributed by atoms with Gasteiger partial charge in [0.05, 0.1) is 0 Å². The molecular formula is C15H21NO. The van der Waals surface area contributed by atoms with Crippen LogP contribution in [0.5, 0.6) is 0 Å². The SMILES string of the molecule is CCCCC/C=C/C(=O)N(C)c1ccccc1. The molecule has 0 atom stereocenters. The highest BCUT2D eigenvalue weighted by Gasteiger charge is 2.05. The summed E-state index contributed by atoms with van der Waals surface area (Å²) in [6.45, 7) is 2.18. The van der Waals surface area contributed by atoms with Gasteiger partial charge in [-0.15, -0.1) is 0 Å². The highest BCUT2D eigenvalue weighted by molar-refractivity contribution is 6.00. The predicted molar refractivity (Wildman–Crippen MR) is 73.1 cm³/mol. The lowest BCUT2D eigenvalue weighted by Gasteiger charge is -2.14. The van der Waals surface area contributed by atoms with Crippen molar-refractivity contribution in [1.82, 2.24) is 0 Å². The molecule has 0 bridgehead atoms. The normalized spacial score (nSPS) is 10.7. The highest BCUT2D eigenvalue weighted by Crippen LogP contribution is 2.11. The lowest BCUT2D eigenvalue weighted by Crippen LogP contribution is -2.23. The van der Waals surface area contributed by atoms with E-state index in [2.05, 4.69) is 6.92 Å².